The molecule has 0 saturated heterocycles. The van der Waals surface area contributed by atoms with Crippen molar-refractivity contribution in [3.8, 4) is 0 Å². The number of rotatable bonds is 8. The van der Waals surface area contributed by atoms with Crippen LogP contribution in [0.1, 0.15) is 19.2 Å². The minimum Gasteiger partial charge on any atom is -0.313 e. The number of aromatic nitrogens is 3. The molecule has 0 amide bonds. The molecule has 4 nitrogen and oxygen atoms in total. The number of nitrogens with zero attached hydrogens (tertiary/aromatic N) is 3. The minimum atomic E-state index is 0.404. The predicted octanol–water partition coefficient (Wildman–Crippen LogP) is 3.28. The van der Waals surface area contributed by atoms with E-state index >= 15 is 0 Å². The number of halogens is 1. The Morgan fingerprint density at radius 2 is 2.10 bits per heavy atom. The third-order valence-electron chi connectivity index (χ3n) is 3.18. The zero-order valence-corrected chi connectivity index (χ0v) is 14.8. The highest BCUT2D eigenvalue weighted by Gasteiger charge is 2.12. The van der Waals surface area contributed by atoms with Crippen molar-refractivity contribution >= 4 is 27.7 Å². The lowest BCUT2D eigenvalue weighted by molar-refractivity contribution is 0.526. The molecule has 0 aliphatic heterocycles. The summed E-state index contributed by atoms with van der Waals surface area (Å²) in [5.74, 6) is 2.05. The molecule has 0 radical (unpaired) electrons. The fourth-order valence-corrected chi connectivity index (χ4v) is 3.21. The average Bonchev–Trinajstić information content (AvgIpc) is 2.89. The molecule has 1 aromatic heterocycles. The maximum absolute atomic E-state index is 4.33. The normalized spacial score (nSPS) is 12.5. The van der Waals surface area contributed by atoms with Crippen molar-refractivity contribution in [1.82, 2.24) is 20.1 Å². The molecule has 0 bridgehead atoms. The second-order valence-corrected chi connectivity index (χ2v) is 6.93. The van der Waals surface area contributed by atoms with E-state index in [1.165, 1.54) is 4.90 Å². The number of hydrogen-bond donors (Lipinski definition) is 1. The summed E-state index contributed by atoms with van der Waals surface area (Å²) in [6.07, 6.45) is 3.66. The van der Waals surface area contributed by atoms with Crippen molar-refractivity contribution in [3.63, 3.8) is 0 Å². The van der Waals surface area contributed by atoms with Gasteiger partial charge in [0.25, 0.3) is 0 Å². The molecule has 0 saturated carbocycles. The third kappa shape index (κ3) is 5.45. The van der Waals surface area contributed by atoms with Gasteiger partial charge in [-0.15, -0.1) is 11.8 Å². The summed E-state index contributed by atoms with van der Waals surface area (Å²) < 4.78 is 2.97. The quantitative estimate of drug-likeness (QED) is 0.726. The van der Waals surface area contributed by atoms with Crippen LogP contribution in [0, 0.1) is 0 Å². The van der Waals surface area contributed by atoms with E-state index in [1.54, 1.807) is 6.33 Å². The fourth-order valence-electron chi connectivity index (χ4n) is 1.99. The van der Waals surface area contributed by atoms with E-state index in [1.807, 2.05) is 23.5 Å². The molecular formula is C15H21BrN4S. The number of benzene rings is 1. The molecule has 1 N–H and O–H groups in total. The molecule has 114 valence electrons. The topological polar surface area (TPSA) is 42.7 Å². The van der Waals surface area contributed by atoms with Gasteiger partial charge in [-0.2, -0.15) is 5.10 Å². The summed E-state index contributed by atoms with van der Waals surface area (Å²) in [5.41, 5.74) is 0. The molecule has 0 spiro atoms. The lowest BCUT2D eigenvalue weighted by Crippen LogP contribution is -2.34. The summed E-state index contributed by atoms with van der Waals surface area (Å²) in [4.78, 5) is 5.62. The van der Waals surface area contributed by atoms with Crippen molar-refractivity contribution in [2.45, 2.75) is 30.7 Å². The Morgan fingerprint density at radius 3 is 2.71 bits per heavy atom. The largest absolute Gasteiger partial charge is 0.313 e. The van der Waals surface area contributed by atoms with Crippen molar-refractivity contribution in [3.05, 3.63) is 40.9 Å². The van der Waals surface area contributed by atoms with Crippen LogP contribution in [0.4, 0.5) is 0 Å². The first-order valence-corrected chi connectivity index (χ1v) is 8.91. The van der Waals surface area contributed by atoms with E-state index in [2.05, 4.69) is 62.5 Å². The van der Waals surface area contributed by atoms with Crippen LogP contribution in [-0.2, 0) is 13.5 Å². The van der Waals surface area contributed by atoms with Gasteiger partial charge in [0, 0.05) is 34.6 Å². The lowest BCUT2D eigenvalue weighted by Gasteiger charge is -2.17. The highest BCUT2D eigenvalue weighted by molar-refractivity contribution is 9.10. The number of thioether (sulfide) groups is 1. The second-order valence-electron chi connectivity index (χ2n) is 4.92. The highest BCUT2D eigenvalue weighted by atomic mass is 79.9. The molecule has 1 aromatic carbocycles. The molecule has 0 fully saturated rings. The summed E-state index contributed by atoms with van der Waals surface area (Å²) in [5, 5.41) is 7.75. The minimum absolute atomic E-state index is 0.404. The first kappa shape index (κ1) is 16.5. The predicted molar refractivity (Wildman–Crippen MR) is 91.7 cm³/mol. The van der Waals surface area contributed by atoms with E-state index in [0.717, 1.165) is 35.4 Å². The lowest BCUT2D eigenvalue weighted by atomic mass is 10.2. The van der Waals surface area contributed by atoms with Crippen LogP contribution in [0.2, 0.25) is 0 Å². The van der Waals surface area contributed by atoms with Gasteiger partial charge in [-0.25, -0.2) is 4.98 Å². The summed E-state index contributed by atoms with van der Waals surface area (Å²) >= 11 is 5.34. The van der Waals surface area contributed by atoms with Crippen molar-refractivity contribution in [1.29, 1.82) is 0 Å². The third-order valence-corrected chi connectivity index (χ3v) is 4.89. The van der Waals surface area contributed by atoms with E-state index < -0.39 is 0 Å². The van der Waals surface area contributed by atoms with E-state index in [-0.39, 0.29) is 0 Å². The molecule has 1 atom stereocenters. The van der Waals surface area contributed by atoms with Crippen LogP contribution >= 0.6 is 27.7 Å². The molecule has 2 aromatic rings. The van der Waals surface area contributed by atoms with Gasteiger partial charge in [-0.1, -0.05) is 22.9 Å². The van der Waals surface area contributed by atoms with Gasteiger partial charge in [0.05, 0.1) is 0 Å². The Labute approximate surface area is 138 Å². The zero-order valence-electron chi connectivity index (χ0n) is 12.4. The van der Waals surface area contributed by atoms with Crippen molar-refractivity contribution < 1.29 is 0 Å². The van der Waals surface area contributed by atoms with Crippen LogP contribution in [0.25, 0.3) is 0 Å². The zero-order chi connectivity index (χ0) is 15.1. The molecule has 2 rings (SSSR count). The number of hydrogen-bond acceptors (Lipinski definition) is 4. The Hall–Kier alpha value is -0.850. The Kier molecular flexibility index (Phi) is 6.73. The Morgan fingerprint density at radius 1 is 1.33 bits per heavy atom. The molecule has 1 heterocycles. The molecule has 0 aliphatic rings. The average molecular weight is 369 g/mol. The summed E-state index contributed by atoms with van der Waals surface area (Å²) in [7, 11) is 1.95. The standard InChI is InChI=1S/C15H21BrN4S/c1-3-8-17-13(9-15-18-11-19-20(15)2)10-21-14-6-4-12(16)5-7-14/h4-7,11,13,17H,3,8-10H2,1-2H3. The smallest absolute Gasteiger partial charge is 0.138 e. The first-order valence-electron chi connectivity index (χ1n) is 7.13. The van der Waals surface area contributed by atoms with Gasteiger partial charge in [-0.05, 0) is 37.2 Å². The second kappa shape index (κ2) is 8.56. The van der Waals surface area contributed by atoms with Gasteiger partial charge < -0.3 is 5.32 Å². The van der Waals surface area contributed by atoms with Gasteiger partial charge in [0.15, 0.2) is 0 Å². The van der Waals surface area contributed by atoms with Crippen LogP contribution in [0.3, 0.4) is 0 Å². The van der Waals surface area contributed by atoms with Gasteiger partial charge in [0.1, 0.15) is 12.2 Å². The fraction of sp³-hybridized carbons (Fsp3) is 0.467. The number of nitrogens with one attached hydrogen (secondary N) is 1. The first-order chi connectivity index (χ1) is 10.2. The Balaban J connectivity index is 1.92. The van der Waals surface area contributed by atoms with Crippen molar-refractivity contribution in [2.75, 3.05) is 12.3 Å². The molecular weight excluding hydrogens is 348 g/mol. The van der Waals surface area contributed by atoms with E-state index in [9.17, 15) is 0 Å². The van der Waals surface area contributed by atoms with Crippen LogP contribution in [0.15, 0.2) is 40.0 Å². The van der Waals surface area contributed by atoms with Gasteiger partial charge in [-0.3, -0.25) is 4.68 Å². The van der Waals surface area contributed by atoms with E-state index in [0.29, 0.717) is 6.04 Å². The van der Waals surface area contributed by atoms with Crippen molar-refractivity contribution in [2.24, 2.45) is 7.05 Å². The summed E-state index contributed by atoms with van der Waals surface area (Å²) in [6.45, 7) is 3.22. The highest BCUT2D eigenvalue weighted by Crippen LogP contribution is 2.22. The molecule has 6 heteroatoms. The van der Waals surface area contributed by atoms with Crippen LogP contribution < -0.4 is 5.32 Å². The maximum Gasteiger partial charge on any atom is 0.138 e. The van der Waals surface area contributed by atoms with E-state index in [4.69, 9.17) is 0 Å². The summed E-state index contributed by atoms with van der Waals surface area (Å²) in [6, 6.07) is 8.86. The maximum atomic E-state index is 4.33. The molecule has 21 heavy (non-hydrogen) atoms. The Bertz CT molecular complexity index is 541. The van der Waals surface area contributed by atoms with Gasteiger partial charge >= 0.3 is 0 Å². The van der Waals surface area contributed by atoms with Crippen LogP contribution in [-0.4, -0.2) is 33.1 Å². The molecule has 0 aliphatic carbocycles. The monoisotopic (exact) mass is 368 g/mol. The molecule has 1 unspecified atom stereocenters. The SMILES string of the molecule is CCCNC(CSc1ccc(Br)cc1)Cc1ncnn1C. The number of aryl methyl sites for hydroxylation is 1. The van der Waals surface area contributed by atoms with Gasteiger partial charge in [0.2, 0.25) is 0 Å². The van der Waals surface area contributed by atoms with Crippen LogP contribution in [0.5, 0.6) is 0 Å².